The number of hydrogen-bond acceptors (Lipinski definition) is 7. The number of nitriles is 1. The van der Waals surface area contributed by atoms with Crippen molar-refractivity contribution in [3.63, 3.8) is 0 Å². The number of hydrogen-bond donors (Lipinski definition) is 0. The number of benzene rings is 2. The van der Waals surface area contributed by atoms with E-state index in [1.54, 1.807) is 17.1 Å². The van der Waals surface area contributed by atoms with Crippen molar-refractivity contribution >= 4 is 17.5 Å². The van der Waals surface area contributed by atoms with Crippen molar-refractivity contribution < 1.29 is 9.53 Å². The number of aryl methyl sites for hydroxylation is 1. The fraction of sp³-hybridized carbons (Fsp3) is 0.423. The zero-order valence-electron chi connectivity index (χ0n) is 20.0. The van der Waals surface area contributed by atoms with E-state index < -0.39 is 0 Å². The molecule has 0 saturated carbocycles. The molecule has 3 heterocycles. The van der Waals surface area contributed by atoms with Gasteiger partial charge in [0.05, 0.1) is 40.9 Å². The van der Waals surface area contributed by atoms with Gasteiger partial charge in [-0.3, -0.25) is 9.69 Å². The highest BCUT2D eigenvalue weighted by Crippen LogP contribution is 2.37. The van der Waals surface area contributed by atoms with E-state index in [1.807, 2.05) is 24.0 Å². The van der Waals surface area contributed by atoms with Gasteiger partial charge >= 0.3 is 0 Å². The molecule has 2 aliphatic heterocycles. The van der Waals surface area contributed by atoms with Crippen LogP contribution in [-0.2, 0) is 16.0 Å². The van der Waals surface area contributed by atoms with Crippen LogP contribution in [0.25, 0.3) is 5.69 Å². The van der Waals surface area contributed by atoms with Crippen molar-refractivity contribution in [3.8, 4) is 11.8 Å². The van der Waals surface area contributed by atoms with Gasteiger partial charge in [0.15, 0.2) is 0 Å². The van der Waals surface area contributed by atoms with E-state index in [0.717, 1.165) is 48.3 Å². The van der Waals surface area contributed by atoms with Crippen LogP contribution in [0.15, 0.2) is 36.7 Å². The van der Waals surface area contributed by atoms with E-state index in [9.17, 15) is 10.1 Å². The lowest BCUT2D eigenvalue weighted by atomic mass is 9.95. The molecule has 9 nitrogen and oxygen atoms in total. The largest absolute Gasteiger partial charge is 0.370 e. The lowest BCUT2D eigenvalue weighted by Gasteiger charge is -2.46. The summed E-state index contributed by atoms with van der Waals surface area (Å²) in [5, 5.41) is 21.3. The zero-order valence-corrected chi connectivity index (χ0v) is 20.7. The molecule has 36 heavy (non-hydrogen) atoms. The summed E-state index contributed by atoms with van der Waals surface area (Å²) in [5.74, 6) is 0.103. The molecule has 3 atom stereocenters. The number of aromatic nitrogens is 4. The Morgan fingerprint density at radius 3 is 2.86 bits per heavy atom. The average Bonchev–Trinajstić information content (AvgIpc) is 3.58. The number of rotatable bonds is 3. The Bertz CT molecular complexity index is 1350. The first-order chi connectivity index (χ1) is 17.5. The molecule has 3 aliphatic rings. The predicted molar refractivity (Wildman–Crippen MR) is 132 cm³/mol. The number of carbonyl (C=O) groups excluding carboxylic acids is 1. The molecule has 0 bridgehead atoms. The topological polar surface area (TPSA) is 100 Å². The molecular weight excluding hydrogens is 478 g/mol. The molecule has 0 radical (unpaired) electrons. The first-order valence-corrected chi connectivity index (χ1v) is 12.6. The molecule has 1 unspecified atom stereocenters. The van der Waals surface area contributed by atoms with Crippen LogP contribution in [0.1, 0.15) is 46.3 Å². The number of amides is 1. The second kappa shape index (κ2) is 9.28. The third-order valence-corrected chi connectivity index (χ3v) is 8.15. The van der Waals surface area contributed by atoms with E-state index >= 15 is 0 Å². The minimum Gasteiger partial charge on any atom is -0.370 e. The van der Waals surface area contributed by atoms with Gasteiger partial charge in [-0.1, -0.05) is 23.7 Å². The summed E-state index contributed by atoms with van der Waals surface area (Å²) in [6.07, 6.45) is 3.17. The summed E-state index contributed by atoms with van der Waals surface area (Å²) < 4.78 is 7.90. The highest BCUT2D eigenvalue weighted by atomic mass is 35.5. The monoisotopic (exact) mass is 503 g/mol. The molecule has 6 rings (SSSR count). The van der Waals surface area contributed by atoms with Crippen LogP contribution >= 0.6 is 11.6 Å². The predicted octanol–water partition coefficient (Wildman–Crippen LogP) is 2.81. The molecule has 0 spiro atoms. The Morgan fingerprint density at radius 1 is 1.19 bits per heavy atom. The SMILES string of the molecule is Cc1c([C@@H]2CN3CCN(C(=O)C4CCc5cc(-n6cnnn6)ccc54)C[C@H]3CO2)ccc(Cl)c1C#N. The minimum absolute atomic E-state index is 0.104. The number of nitrogens with zero attached hydrogens (tertiary/aromatic N) is 7. The van der Waals surface area contributed by atoms with Crippen LogP contribution in [0, 0.1) is 18.3 Å². The first kappa shape index (κ1) is 23.1. The van der Waals surface area contributed by atoms with Crippen LogP contribution in [0.3, 0.4) is 0 Å². The quantitative estimate of drug-likeness (QED) is 0.541. The number of ether oxygens (including phenoxy) is 1. The van der Waals surface area contributed by atoms with Gasteiger partial charge in [0, 0.05) is 26.2 Å². The molecule has 10 heteroatoms. The van der Waals surface area contributed by atoms with Gasteiger partial charge in [-0.05, 0) is 70.6 Å². The third kappa shape index (κ3) is 3.95. The van der Waals surface area contributed by atoms with E-state index in [2.05, 4.69) is 38.6 Å². The van der Waals surface area contributed by atoms with Crippen molar-refractivity contribution in [1.82, 2.24) is 30.0 Å². The van der Waals surface area contributed by atoms with Crippen LogP contribution < -0.4 is 0 Å². The number of piperazine rings is 1. The molecule has 1 aromatic heterocycles. The maximum atomic E-state index is 13.6. The van der Waals surface area contributed by atoms with E-state index in [1.165, 1.54) is 5.56 Å². The van der Waals surface area contributed by atoms with Crippen LogP contribution in [0.5, 0.6) is 0 Å². The number of carbonyl (C=O) groups is 1. The fourth-order valence-electron chi connectivity index (χ4n) is 5.86. The summed E-state index contributed by atoms with van der Waals surface area (Å²) >= 11 is 6.19. The average molecular weight is 504 g/mol. The second-order valence-electron chi connectivity index (χ2n) is 9.73. The molecule has 3 aromatic rings. The normalized spacial score (nSPS) is 23.7. The van der Waals surface area contributed by atoms with Crippen molar-refractivity contribution in [2.24, 2.45) is 0 Å². The van der Waals surface area contributed by atoms with Crippen molar-refractivity contribution in [1.29, 1.82) is 5.26 Å². The summed E-state index contributed by atoms with van der Waals surface area (Å²) in [5.41, 5.74) is 5.62. The second-order valence-corrected chi connectivity index (χ2v) is 10.1. The van der Waals surface area contributed by atoms with E-state index in [-0.39, 0.29) is 24.0 Å². The number of morpholine rings is 1. The smallest absolute Gasteiger partial charge is 0.230 e. The van der Waals surface area contributed by atoms with Gasteiger partial charge in [-0.15, -0.1) is 5.10 Å². The number of halogens is 1. The zero-order chi connectivity index (χ0) is 24.8. The Hall–Kier alpha value is -3.32. The molecule has 2 aromatic carbocycles. The minimum atomic E-state index is -0.107. The molecule has 0 N–H and O–H groups in total. The van der Waals surface area contributed by atoms with Crippen LogP contribution in [-0.4, -0.2) is 74.7 Å². The number of tetrazole rings is 1. The molecular formula is C26H26ClN7O2. The third-order valence-electron chi connectivity index (χ3n) is 7.84. The Morgan fingerprint density at radius 2 is 2.06 bits per heavy atom. The standard InChI is InChI=1S/C26H26ClN7O2/c1-16-20(6-7-24(27)23(16)11-28)25-13-32-8-9-33(12-19(32)14-36-25)26(35)22-4-2-17-10-18(3-5-21(17)22)34-15-29-30-31-34/h3,5-7,10,15,19,22,25H,2,4,8-9,12-14H2,1H3/t19-,22?,25-/m0/s1. The van der Waals surface area contributed by atoms with Gasteiger partial charge in [0.25, 0.3) is 0 Å². The van der Waals surface area contributed by atoms with Gasteiger partial charge < -0.3 is 9.64 Å². The van der Waals surface area contributed by atoms with Gasteiger partial charge in [0.2, 0.25) is 5.91 Å². The Balaban J connectivity index is 1.12. The summed E-state index contributed by atoms with van der Waals surface area (Å²) in [6.45, 7) is 5.41. The molecule has 1 aliphatic carbocycles. The molecule has 1 amide bonds. The highest BCUT2D eigenvalue weighted by Gasteiger charge is 2.39. The summed E-state index contributed by atoms with van der Waals surface area (Å²) in [4.78, 5) is 18.0. The molecule has 2 saturated heterocycles. The van der Waals surface area contributed by atoms with Crippen LogP contribution in [0.4, 0.5) is 0 Å². The lowest BCUT2D eigenvalue weighted by Crippen LogP contribution is -2.60. The Kier molecular flexibility index (Phi) is 5.96. The lowest BCUT2D eigenvalue weighted by molar-refractivity contribution is -0.141. The van der Waals surface area contributed by atoms with Gasteiger partial charge in [0.1, 0.15) is 12.4 Å². The number of fused-ring (bicyclic) bond motifs is 2. The van der Waals surface area contributed by atoms with E-state index in [0.29, 0.717) is 30.3 Å². The van der Waals surface area contributed by atoms with Gasteiger partial charge in [-0.2, -0.15) is 5.26 Å². The van der Waals surface area contributed by atoms with Gasteiger partial charge in [-0.25, -0.2) is 4.68 Å². The summed E-state index contributed by atoms with van der Waals surface area (Å²) in [7, 11) is 0. The maximum absolute atomic E-state index is 13.6. The first-order valence-electron chi connectivity index (χ1n) is 12.2. The molecule has 2 fully saturated rings. The van der Waals surface area contributed by atoms with Crippen molar-refractivity contribution in [2.45, 2.75) is 37.8 Å². The maximum Gasteiger partial charge on any atom is 0.230 e. The Labute approximate surface area is 214 Å². The molecule has 184 valence electrons. The van der Waals surface area contributed by atoms with Crippen LogP contribution in [0.2, 0.25) is 5.02 Å². The van der Waals surface area contributed by atoms with Crippen molar-refractivity contribution in [2.75, 3.05) is 32.8 Å². The fourth-order valence-corrected chi connectivity index (χ4v) is 6.10. The van der Waals surface area contributed by atoms with Crippen molar-refractivity contribution in [3.05, 3.63) is 69.5 Å². The highest BCUT2D eigenvalue weighted by molar-refractivity contribution is 6.31. The summed E-state index contributed by atoms with van der Waals surface area (Å²) in [6, 6.07) is 12.2. The van der Waals surface area contributed by atoms with E-state index in [4.69, 9.17) is 16.3 Å².